The number of amides is 2. The molecule has 0 saturated carbocycles. The Kier molecular flexibility index (Phi) is 6.63. The van der Waals surface area contributed by atoms with Crippen molar-refractivity contribution in [1.29, 1.82) is 0 Å². The molecule has 3 rings (SSSR count). The summed E-state index contributed by atoms with van der Waals surface area (Å²) in [5, 5.41) is 2.93. The summed E-state index contributed by atoms with van der Waals surface area (Å²) in [6.07, 6.45) is 2.85. The average molecular weight is 381 g/mol. The normalized spacial score (nSPS) is 15.9. The fourth-order valence-electron chi connectivity index (χ4n) is 3.14. The molecule has 1 aromatic carbocycles. The van der Waals surface area contributed by atoms with E-state index in [-0.39, 0.29) is 11.8 Å². The summed E-state index contributed by atoms with van der Waals surface area (Å²) >= 11 is 0. The van der Waals surface area contributed by atoms with Gasteiger partial charge in [0.2, 0.25) is 12.0 Å². The molecule has 1 N–H and O–H groups in total. The summed E-state index contributed by atoms with van der Waals surface area (Å²) in [6, 6.07) is 13.0. The van der Waals surface area contributed by atoms with Crippen molar-refractivity contribution < 1.29 is 14.3 Å². The molecule has 28 heavy (non-hydrogen) atoms. The van der Waals surface area contributed by atoms with Gasteiger partial charge in [-0.3, -0.25) is 14.5 Å². The maximum atomic E-state index is 13.1. The third-order valence-electron chi connectivity index (χ3n) is 4.67. The van der Waals surface area contributed by atoms with E-state index in [1.165, 1.54) is 0 Å². The quantitative estimate of drug-likeness (QED) is 0.760. The van der Waals surface area contributed by atoms with Gasteiger partial charge in [-0.15, -0.1) is 0 Å². The molecule has 1 aliphatic rings. The van der Waals surface area contributed by atoms with Crippen molar-refractivity contribution in [2.75, 3.05) is 18.0 Å². The Morgan fingerprint density at radius 1 is 1.21 bits per heavy atom. The average Bonchev–Trinajstić information content (AvgIpc) is 2.69. The minimum absolute atomic E-state index is 0.0159. The van der Waals surface area contributed by atoms with Gasteiger partial charge >= 0.3 is 0 Å². The summed E-state index contributed by atoms with van der Waals surface area (Å²) in [5.41, 5.74) is 0.804. The number of hydrogen-bond acceptors (Lipinski definition) is 4. The number of pyridine rings is 1. The standard InChI is InChI=1S/C22H27N3O3/c1-16(2)12-14-23-19(26)11-7-15-25-21-18(10-6-13-24-21)28-20(22(25)27)17-8-4-3-5-9-17/h3-6,8-10,13,16,20H,7,11-12,14-15H2,1-2H3,(H,23,26). The highest BCUT2D eigenvalue weighted by molar-refractivity contribution is 5.99. The first-order chi connectivity index (χ1) is 13.6. The van der Waals surface area contributed by atoms with Gasteiger partial charge in [0.05, 0.1) is 0 Å². The first-order valence-corrected chi connectivity index (χ1v) is 9.81. The van der Waals surface area contributed by atoms with Crippen LogP contribution in [0.4, 0.5) is 5.82 Å². The van der Waals surface area contributed by atoms with E-state index in [2.05, 4.69) is 24.1 Å². The molecular weight excluding hydrogens is 354 g/mol. The highest BCUT2D eigenvalue weighted by Gasteiger charge is 2.36. The first kappa shape index (κ1) is 19.9. The number of carbonyl (C=O) groups excluding carboxylic acids is 2. The second-order valence-electron chi connectivity index (χ2n) is 7.36. The Morgan fingerprint density at radius 3 is 2.75 bits per heavy atom. The van der Waals surface area contributed by atoms with Gasteiger partial charge in [-0.1, -0.05) is 44.2 Å². The third-order valence-corrected chi connectivity index (χ3v) is 4.67. The summed E-state index contributed by atoms with van der Waals surface area (Å²) in [5.74, 6) is 1.51. The number of carbonyl (C=O) groups is 2. The second kappa shape index (κ2) is 9.35. The molecule has 2 heterocycles. The summed E-state index contributed by atoms with van der Waals surface area (Å²) in [6.45, 7) is 5.37. The van der Waals surface area contributed by atoms with Crippen LogP contribution in [-0.2, 0) is 9.59 Å². The molecule has 1 atom stereocenters. The number of aromatic nitrogens is 1. The van der Waals surface area contributed by atoms with Gasteiger partial charge in [0, 0.05) is 31.3 Å². The molecule has 0 aliphatic carbocycles. The van der Waals surface area contributed by atoms with Crippen LogP contribution in [0.2, 0.25) is 0 Å². The summed E-state index contributed by atoms with van der Waals surface area (Å²) in [4.78, 5) is 31.1. The molecule has 148 valence electrons. The van der Waals surface area contributed by atoms with Crippen molar-refractivity contribution in [2.24, 2.45) is 5.92 Å². The molecule has 0 spiro atoms. The number of fused-ring (bicyclic) bond motifs is 1. The fourth-order valence-corrected chi connectivity index (χ4v) is 3.14. The van der Waals surface area contributed by atoms with E-state index in [9.17, 15) is 9.59 Å². The monoisotopic (exact) mass is 381 g/mol. The molecule has 1 unspecified atom stereocenters. The van der Waals surface area contributed by atoms with Crippen LogP contribution in [-0.4, -0.2) is 29.9 Å². The largest absolute Gasteiger partial charge is 0.472 e. The maximum Gasteiger partial charge on any atom is 0.274 e. The van der Waals surface area contributed by atoms with E-state index in [4.69, 9.17) is 4.74 Å². The van der Waals surface area contributed by atoms with Crippen LogP contribution in [0.15, 0.2) is 48.7 Å². The molecule has 6 nitrogen and oxygen atoms in total. The van der Waals surface area contributed by atoms with Crippen molar-refractivity contribution in [3.8, 4) is 5.75 Å². The van der Waals surface area contributed by atoms with Crippen LogP contribution < -0.4 is 15.0 Å². The lowest BCUT2D eigenvalue weighted by molar-refractivity contribution is -0.127. The fraction of sp³-hybridized carbons (Fsp3) is 0.409. The van der Waals surface area contributed by atoms with Gasteiger partial charge in [-0.05, 0) is 30.9 Å². The third kappa shape index (κ3) is 4.88. The van der Waals surface area contributed by atoms with E-state index in [0.29, 0.717) is 43.4 Å². The Balaban J connectivity index is 1.65. The van der Waals surface area contributed by atoms with Crippen LogP contribution in [0.3, 0.4) is 0 Å². The van der Waals surface area contributed by atoms with Gasteiger partial charge in [-0.2, -0.15) is 0 Å². The predicted molar refractivity (Wildman–Crippen MR) is 108 cm³/mol. The van der Waals surface area contributed by atoms with Crippen molar-refractivity contribution in [2.45, 2.75) is 39.2 Å². The molecule has 2 aromatic rings. The number of ether oxygens (including phenoxy) is 1. The van der Waals surface area contributed by atoms with E-state index >= 15 is 0 Å². The van der Waals surface area contributed by atoms with Gasteiger partial charge in [0.15, 0.2) is 11.6 Å². The zero-order chi connectivity index (χ0) is 19.9. The van der Waals surface area contributed by atoms with Gasteiger partial charge in [-0.25, -0.2) is 4.98 Å². The number of nitrogens with one attached hydrogen (secondary N) is 1. The predicted octanol–water partition coefficient (Wildman–Crippen LogP) is 3.49. The molecule has 1 aromatic heterocycles. The SMILES string of the molecule is CC(C)CCNC(=O)CCCN1C(=O)C(c2ccccc2)Oc2cccnc21. The lowest BCUT2D eigenvalue weighted by Crippen LogP contribution is -2.42. The van der Waals surface area contributed by atoms with Gasteiger partial charge in [0.1, 0.15) is 0 Å². The molecule has 0 radical (unpaired) electrons. The van der Waals surface area contributed by atoms with E-state index < -0.39 is 6.10 Å². The maximum absolute atomic E-state index is 13.1. The Morgan fingerprint density at radius 2 is 2.00 bits per heavy atom. The molecule has 1 aliphatic heterocycles. The van der Waals surface area contributed by atoms with Crippen LogP contribution in [0, 0.1) is 5.92 Å². The van der Waals surface area contributed by atoms with Crippen molar-refractivity contribution in [3.63, 3.8) is 0 Å². The molecule has 6 heteroatoms. The molecule has 0 fully saturated rings. The van der Waals surface area contributed by atoms with Crippen LogP contribution >= 0.6 is 0 Å². The number of anilines is 1. The Bertz CT molecular complexity index is 808. The smallest absolute Gasteiger partial charge is 0.274 e. The van der Waals surface area contributed by atoms with E-state index in [1.54, 1.807) is 17.2 Å². The van der Waals surface area contributed by atoms with Crippen LogP contribution in [0.1, 0.15) is 44.8 Å². The minimum Gasteiger partial charge on any atom is -0.472 e. The highest BCUT2D eigenvalue weighted by Crippen LogP contribution is 2.37. The topological polar surface area (TPSA) is 71.5 Å². The Labute approximate surface area is 165 Å². The lowest BCUT2D eigenvalue weighted by Gasteiger charge is -2.33. The first-order valence-electron chi connectivity index (χ1n) is 9.81. The molecule has 0 bridgehead atoms. The number of benzene rings is 1. The van der Waals surface area contributed by atoms with Crippen molar-refractivity contribution >= 4 is 17.6 Å². The zero-order valence-corrected chi connectivity index (χ0v) is 16.4. The summed E-state index contributed by atoms with van der Waals surface area (Å²) < 4.78 is 5.93. The van der Waals surface area contributed by atoms with Crippen LogP contribution in [0.5, 0.6) is 5.75 Å². The van der Waals surface area contributed by atoms with Crippen molar-refractivity contribution in [1.82, 2.24) is 10.3 Å². The highest BCUT2D eigenvalue weighted by atomic mass is 16.5. The van der Waals surface area contributed by atoms with E-state index in [1.807, 2.05) is 36.4 Å². The van der Waals surface area contributed by atoms with Crippen LogP contribution in [0.25, 0.3) is 0 Å². The van der Waals surface area contributed by atoms with Crippen molar-refractivity contribution in [3.05, 3.63) is 54.2 Å². The number of hydrogen-bond donors (Lipinski definition) is 1. The second-order valence-corrected chi connectivity index (χ2v) is 7.36. The van der Waals surface area contributed by atoms with Gasteiger partial charge in [0.25, 0.3) is 5.91 Å². The summed E-state index contributed by atoms with van der Waals surface area (Å²) in [7, 11) is 0. The van der Waals surface area contributed by atoms with E-state index in [0.717, 1.165) is 12.0 Å². The van der Waals surface area contributed by atoms with Gasteiger partial charge < -0.3 is 10.1 Å². The number of nitrogens with zero attached hydrogens (tertiary/aromatic N) is 2. The lowest BCUT2D eigenvalue weighted by atomic mass is 10.1. The number of rotatable bonds is 8. The molecule has 2 amide bonds. The zero-order valence-electron chi connectivity index (χ0n) is 16.4. The molecule has 0 saturated heterocycles. The Hall–Kier alpha value is -2.89. The minimum atomic E-state index is -0.697. The molecular formula is C22H27N3O3.